The van der Waals surface area contributed by atoms with Gasteiger partial charge in [0.25, 0.3) is 0 Å². The van der Waals surface area contributed by atoms with Crippen molar-refractivity contribution in [3.63, 3.8) is 0 Å². The molecule has 0 saturated carbocycles. The van der Waals surface area contributed by atoms with Crippen LogP contribution in [0, 0.1) is 10.1 Å². The summed E-state index contributed by atoms with van der Waals surface area (Å²) in [7, 11) is 0. The van der Waals surface area contributed by atoms with Crippen molar-refractivity contribution in [2.45, 2.75) is 6.42 Å². The molecule has 0 spiro atoms. The third-order valence-corrected chi connectivity index (χ3v) is 1.60. The van der Waals surface area contributed by atoms with Crippen molar-refractivity contribution in [2.24, 2.45) is 0 Å². The lowest BCUT2D eigenvalue weighted by molar-refractivity contribution is -0.385. The van der Waals surface area contributed by atoms with Crippen molar-refractivity contribution in [3.8, 4) is 5.75 Å². The van der Waals surface area contributed by atoms with Crippen molar-refractivity contribution in [3.05, 3.63) is 33.9 Å². The second-order valence-corrected chi connectivity index (χ2v) is 2.41. The third-order valence-electron chi connectivity index (χ3n) is 1.60. The zero-order chi connectivity index (χ0) is 9.84. The number of aromatic hydroxyl groups is 1. The Labute approximate surface area is 73.8 Å². The van der Waals surface area contributed by atoms with Gasteiger partial charge < -0.3 is 9.90 Å². The highest BCUT2D eigenvalue weighted by Gasteiger charge is 2.15. The number of aldehydes is 1. The van der Waals surface area contributed by atoms with Crippen LogP contribution in [0.15, 0.2) is 18.2 Å². The highest BCUT2D eigenvalue weighted by atomic mass is 16.6. The van der Waals surface area contributed by atoms with E-state index in [0.29, 0.717) is 6.29 Å². The minimum Gasteiger partial charge on any atom is -0.502 e. The van der Waals surface area contributed by atoms with E-state index in [2.05, 4.69) is 0 Å². The molecule has 0 atom stereocenters. The standard InChI is InChI=1S/C8H7NO4/c10-5-4-6-2-1-3-7(8(6)11)9(12)13/h1-3,5,11H,4H2. The molecule has 0 aliphatic rings. The minimum absolute atomic E-state index is 0.0203. The van der Waals surface area contributed by atoms with Crippen molar-refractivity contribution >= 4 is 12.0 Å². The van der Waals surface area contributed by atoms with Crippen molar-refractivity contribution < 1.29 is 14.8 Å². The normalized spacial score (nSPS) is 9.54. The SMILES string of the molecule is O=CCc1cccc([N+](=O)[O-])c1O. The van der Waals surface area contributed by atoms with E-state index in [-0.39, 0.29) is 17.7 Å². The fraction of sp³-hybridized carbons (Fsp3) is 0.125. The summed E-state index contributed by atoms with van der Waals surface area (Å²) in [5, 5.41) is 19.6. The van der Waals surface area contributed by atoms with Gasteiger partial charge in [0.2, 0.25) is 0 Å². The molecule has 0 aromatic heterocycles. The summed E-state index contributed by atoms with van der Waals surface area (Å²) in [6.45, 7) is 0. The molecule has 0 heterocycles. The number of nitro groups is 1. The Balaban J connectivity index is 3.17. The van der Waals surface area contributed by atoms with Crippen LogP contribution in [0.5, 0.6) is 5.75 Å². The quantitative estimate of drug-likeness (QED) is 0.429. The number of hydrogen-bond donors (Lipinski definition) is 1. The van der Waals surface area contributed by atoms with Gasteiger partial charge in [0, 0.05) is 18.1 Å². The molecule has 0 radical (unpaired) electrons. The van der Waals surface area contributed by atoms with Gasteiger partial charge in [-0.3, -0.25) is 10.1 Å². The zero-order valence-electron chi connectivity index (χ0n) is 6.64. The van der Waals surface area contributed by atoms with Gasteiger partial charge in [-0.15, -0.1) is 0 Å². The van der Waals surface area contributed by atoms with Crippen LogP contribution >= 0.6 is 0 Å². The highest BCUT2D eigenvalue weighted by Crippen LogP contribution is 2.28. The largest absolute Gasteiger partial charge is 0.502 e. The number of nitro benzene ring substituents is 1. The Morgan fingerprint density at radius 3 is 2.77 bits per heavy atom. The van der Waals surface area contributed by atoms with Crippen LogP contribution in [0.4, 0.5) is 5.69 Å². The third kappa shape index (κ3) is 1.81. The number of hydrogen-bond acceptors (Lipinski definition) is 4. The molecule has 1 rings (SSSR count). The van der Waals surface area contributed by atoms with E-state index in [1.54, 1.807) is 0 Å². The summed E-state index contributed by atoms with van der Waals surface area (Å²) in [6.07, 6.45) is 0.562. The average Bonchev–Trinajstić information content (AvgIpc) is 2.08. The Morgan fingerprint density at radius 2 is 2.23 bits per heavy atom. The van der Waals surface area contributed by atoms with Gasteiger partial charge in [0.05, 0.1) is 4.92 Å². The lowest BCUT2D eigenvalue weighted by atomic mass is 10.1. The fourth-order valence-electron chi connectivity index (χ4n) is 0.980. The van der Waals surface area contributed by atoms with Crippen molar-refractivity contribution in [2.75, 3.05) is 0 Å². The van der Waals surface area contributed by atoms with Crippen LogP contribution in [0.1, 0.15) is 5.56 Å². The Bertz CT molecular complexity index is 348. The summed E-state index contributed by atoms with van der Waals surface area (Å²) in [6, 6.07) is 4.08. The molecule has 1 N–H and O–H groups in total. The van der Waals surface area contributed by atoms with Gasteiger partial charge in [0.1, 0.15) is 6.29 Å². The van der Waals surface area contributed by atoms with Crippen LogP contribution in [-0.2, 0) is 11.2 Å². The molecule has 68 valence electrons. The summed E-state index contributed by atoms with van der Waals surface area (Å²) < 4.78 is 0. The summed E-state index contributed by atoms with van der Waals surface area (Å²) >= 11 is 0. The Hall–Kier alpha value is -1.91. The van der Waals surface area contributed by atoms with E-state index in [1.165, 1.54) is 18.2 Å². The smallest absolute Gasteiger partial charge is 0.310 e. The first-order chi connectivity index (χ1) is 6.16. The van der Waals surface area contributed by atoms with Crippen LogP contribution in [0.3, 0.4) is 0 Å². The molecule has 1 aromatic rings. The summed E-state index contributed by atoms with van der Waals surface area (Å²) in [5.41, 5.74) is -0.108. The molecule has 0 bridgehead atoms. The maximum atomic E-state index is 10.3. The predicted molar refractivity (Wildman–Crippen MR) is 44.5 cm³/mol. The number of rotatable bonds is 3. The van der Waals surface area contributed by atoms with Gasteiger partial charge >= 0.3 is 5.69 Å². The molecule has 0 unspecified atom stereocenters. The first-order valence-corrected chi connectivity index (χ1v) is 3.55. The van der Waals surface area contributed by atoms with Gasteiger partial charge in [-0.2, -0.15) is 0 Å². The number of phenolic OH excluding ortho intramolecular Hbond substituents is 1. The number of carbonyl (C=O) groups excluding carboxylic acids is 1. The molecule has 0 saturated heterocycles. The molecule has 0 aliphatic carbocycles. The number of benzene rings is 1. The number of phenols is 1. The molecule has 0 aliphatic heterocycles. The highest BCUT2D eigenvalue weighted by molar-refractivity contribution is 5.61. The van der Waals surface area contributed by atoms with Crippen molar-refractivity contribution in [1.82, 2.24) is 0 Å². The van der Waals surface area contributed by atoms with Gasteiger partial charge in [-0.25, -0.2) is 0 Å². The Morgan fingerprint density at radius 1 is 1.54 bits per heavy atom. The topological polar surface area (TPSA) is 80.4 Å². The van der Waals surface area contributed by atoms with Gasteiger partial charge in [-0.05, 0) is 0 Å². The Kier molecular flexibility index (Phi) is 2.59. The fourth-order valence-corrected chi connectivity index (χ4v) is 0.980. The van der Waals surface area contributed by atoms with Crippen LogP contribution in [0.2, 0.25) is 0 Å². The van der Waals surface area contributed by atoms with E-state index >= 15 is 0 Å². The number of nitrogens with zero attached hydrogens (tertiary/aromatic N) is 1. The predicted octanol–water partition coefficient (Wildman–Crippen LogP) is 1.04. The molecular weight excluding hydrogens is 174 g/mol. The van der Waals surface area contributed by atoms with E-state index < -0.39 is 10.7 Å². The maximum absolute atomic E-state index is 10.3. The molecule has 0 fully saturated rings. The zero-order valence-corrected chi connectivity index (χ0v) is 6.64. The first-order valence-electron chi connectivity index (χ1n) is 3.55. The monoisotopic (exact) mass is 181 g/mol. The van der Waals surface area contributed by atoms with Crippen LogP contribution in [-0.4, -0.2) is 16.3 Å². The van der Waals surface area contributed by atoms with Crippen LogP contribution < -0.4 is 0 Å². The van der Waals surface area contributed by atoms with Gasteiger partial charge in [-0.1, -0.05) is 12.1 Å². The van der Waals surface area contributed by atoms with Gasteiger partial charge in [0.15, 0.2) is 5.75 Å². The summed E-state index contributed by atoms with van der Waals surface area (Å²) in [4.78, 5) is 19.8. The summed E-state index contributed by atoms with van der Waals surface area (Å²) in [5.74, 6) is -0.431. The van der Waals surface area contributed by atoms with E-state index in [4.69, 9.17) is 0 Å². The van der Waals surface area contributed by atoms with Crippen LogP contribution in [0.25, 0.3) is 0 Å². The van der Waals surface area contributed by atoms with E-state index in [0.717, 1.165) is 0 Å². The van der Waals surface area contributed by atoms with E-state index in [1.807, 2.05) is 0 Å². The van der Waals surface area contributed by atoms with E-state index in [9.17, 15) is 20.0 Å². The molecule has 0 amide bonds. The molecule has 1 aromatic carbocycles. The molecular formula is C8H7NO4. The number of para-hydroxylation sites is 1. The molecule has 5 heteroatoms. The second kappa shape index (κ2) is 3.66. The first kappa shape index (κ1) is 9.18. The molecule has 13 heavy (non-hydrogen) atoms. The lowest BCUT2D eigenvalue weighted by Crippen LogP contribution is -1.93. The minimum atomic E-state index is -0.691. The number of carbonyl (C=O) groups is 1. The van der Waals surface area contributed by atoms with Crippen molar-refractivity contribution in [1.29, 1.82) is 0 Å². The average molecular weight is 181 g/mol. The lowest BCUT2D eigenvalue weighted by Gasteiger charge is -1.99. The maximum Gasteiger partial charge on any atom is 0.310 e. The molecule has 5 nitrogen and oxygen atoms in total. The second-order valence-electron chi connectivity index (χ2n) is 2.41.